The molecule has 1 atom stereocenters. The first-order valence-electron chi connectivity index (χ1n) is 8.77. The highest BCUT2D eigenvalue weighted by Crippen LogP contribution is 2.31. The maximum absolute atomic E-state index is 12.7. The number of fused-ring (bicyclic) bond motifs is 1. The van der Waals surface area contributed by atoms with E-state index in [0.717, 1.165) is 26.5 Å². The van der Waals surface area contributed by atoms with E-state index in [2.05, 4.69) is 10.3 Å². The zero-order valence-electron chi connectivity index (χ0n) is 15.5. The predicted octanol–water partition coefficient (Wildman–Crippen LogP) is 4.02. The standard InChI is InChI=1S/C20H19N3O3S2/c1-26-14-6-7-16-17(10-14)28-20(21-16)22-19(25)12-8-18(24)23(11-12)13-4-3-5-15(9-13)27-2/h3-7,9-10,12H,8,11H2,1-2H3,(H,21,22,25). The minimum atomic E-state index is -0.396. The fourth-order valence-corrected chi connectivity index (χ4v) is 4.55. The van der Waals surface area contributed by atoms with Gasteiger partial charge in [0.2, 0.25) is 11.8 Å². The van der Waals surface area contributed by atoms with Crippen molar-refractivity contribution in [2.75, 3.05) is 30.1 Å². The number of methoxy groups -OCH3 is 1. The molecule has 3 aromatic rings. The maximum Gasteiger partial charge on any atom is 0.231 e. The van der Waals surface area contributed by atoms with Gasteiger partial charge in [-0.2, -0.15) is 0 Å². The molecule has 144 valence electrons. The molecule has 1 aromatic heterocycles. The van der Waals surface area contributed by atoms with Gasteiger partial charge in [-0.3, -0.25) is 9.59 Å². The van der Waals surface area contributed by atoms with E-state index in [4.69, 9.17) is 4.74 Å². The number of thioether (sulfide) groups is 1. The molecule has 4 rings (SSSR count). The lowest BCUT2D eigenvalue weighted by Gasteiger charge is -2.17. The first-order valence-corrected chi connectivity index (χ1v) is 10.8. The number of ether oxygens (including phenoxy) is 1. The number of rotatable bonds is 5. The van der Waals surface area contributed by atoms with Gasteiger partial charge in [0.15, 0.2) is 5.13 Å². The summed E-state index contributed by atoms with van der Waals surface area (Å²) in [6, 6.07) is 13.4. The molecule has 2 heterocycles. The highest BCUT2D eigenvalue weighted by atomic mass is 32.2. The van der Waals surface area contributed by atoms with Crippen LogP contribution in [0.1, 0.15) is 6.42 Å². The first-order chi connectivity index (χ1) is 13.6. The van der Waals surface area contributed by atoms with Gasteiger partial charge in [0.25, 0.3) is 0 Å². The van der Waals surface area contributed by atoms with Crippen molar-refractivity contribution >= 4 is 55.9 Å². The SMILES string of the molecule is COc1ccc2nc(NC(=O)C3CC(=O)N(c4cccc(SC)c4)C3)sc2c1. The van der Waals surface area contributed by atoms with Crippen molar-refractivity contribution in [1.29, 1.82) is 0 Å². The molecule has 2 amide bonds. The molecule has 1 saturated heterocycles. The summed E-state index contributed by atoms with van der Waals surface area (Å²) in [6.45, 7) is 0.376. The van der Waals surface area contributed by atoms with Crippen LogP contribution < -0.4 is 15.0 Å². The molecule has 1 unspecified atom stereocenters. The Bertz CT molecular complexity index is 1050. The van der Waals surface area contributed by atoms with Gasteiger partial charge in [-0.25, -0.2) is 4.98 Å². The van der Waals surface area contributed by atoms with Crippen LogP contribution in [0.15, 0.2) is 47.4 Å². The molecule has 0 radical (unpaired) electrons. The quantitative estimate of drug-likeness (QED) is 0.640. The van der Waals surface area contributed by atoms with Crippen molar-refractivity contribution < 1.29 is 14.3 Å². The summed E-state index contributed by atoms with van der Waals surface area (Å²) >= 11 is 3.02. The van der Waals surface area contributed by atoms with Gasteiger partial charge in [0.1, 0.15) is 5.75 Å². The molecule has 1 aliphatic heterocycles. The Morgan fingerprint density at radius 2 is 2.18 bits per heavy atom. The van der Waals surface area contributed by atoms with Gasteiger partial charge in [-0.15, -0.1) is 11.8 Å². The number of aromatic nitrogens is 1. The largest absolute Gasteiger partial charge is 0.497 e. The van der Waals surface area contributed by atoms with E-state index in [0.29, 0.717) is 11.7 Å². The van der Waals surface area contributed by atoms with Gasteiger partial charge in [-0.1, -0.05) is 17.4 Å². The number of thiazole rings is 1. The zero-order valence-corrected chi connectivity index (χ0v) is 17.1. The Morgan fingerprint density at radius 3 is 2.96 bits per heavy atom. The van der Waals surface area contributed by atoms with Crippen molar-refractivity contribution in [2.45, 2.75) is 11.3 Å². The summed E-state index contributed by atoms with van der Waals surface area (Å²) in [4.78, 5) is 32.4. The predicted molar refractivity (Wildman–Crippen MR) is 113 cm³/mol. The number of anilines is 2. The van der Waals surface area contributed by atoms with E-state index in [1.165, 1.54) is 11.3 Å². The molecular formula is C20H19N3O3S2. The smallest absolute Gasteiger partial charge is 0.231 e. The molecule has 28 heavy (non-hydrogen) atoms. The molecule has 0 bridgehead atoms. The molecule has 1 N–H and O–H groups in total. The Hall–Kier alpha value is -2.58. The minimum Gasteiger partial charge on any atom is -0.497 e. The lowest BCUT2D eigenvalue weighted by molar-refractivity contribution is -0.122. The highest BCUT2D eigenvalue weighted by Gasteiger charge is 2.35. The minimum absolute atomic E-state index is 0.0348. The number of nitrogens with one attached hydrogen (secondary N) is 1. The number of nitrogens with zero attached hydrogens (tertiary/aromatic N) is 2. The van der Waals surface area contributed by atoms with Crippen LogP contribution in [-0.4, -0.2) is 36.7 Å². The Labute approximate surface area is 170 Å². The number of benzene rings is 2. The van der Waals surface area contributed by atoms with Crippen molar-refractivity contribution in [2.24, 2.45) is 5.92 Å². The van der Waals surface area contributed by atoms with E-state index in [9.17, 15) is 9.59 Å². The van der Waals surface area contributed by atoms with Gasteiger partial charge in [0.05, 0.1) is 23.2 Å². The van der Waals surface area contributed by atoms with E-state index < -0.39 is 5.92 Å². The van der Waals surface area contributed by atoms with Gasteiger partial charge >= 0.3 is 0 Å². The van der Waals surface area contributed by atoms with Crippen LogP contribution in [0.2, 0.25) is 0 Å². The van der Waals surface area contributed by atoms with Crippen LogP contribution in [-0.2, 0) is 9.59 Å². The molecule has 1 aliphatic rings. The van der Waals surface area contributed by atoms with Gasteiger partial charge in [-0.05, 0) is 42.7 Å². The Balaban J connectivity index is 1.47. The molecule has 0 spiro atoms. The molecule has 0 aliphatic carbocycles. The molecular weight excluding hydrogens is 394 g/mol. The van der Waals surface area contributed by atoms with E-state index in [-0.39, 0.29) is 18.2 Å². The maximum atomic E-state index is 12.7. The second-order valence-electron chi connectivity index (χ2n) is 6.45. The fraction of sp³-hybridized carbons (Fsp3) is 0.250. The van der Waals surface area contributed by atoms with Crippen molar-refractivity contribution in [3.63, 3.8) is 0 Å². The summed E-state index contributed by atoms with van der Waals surface area (Å²) in [7, 11) is 1.61. The third kappa shape index (κ3) is 3.70. The van der Waals surface area contributed by atoms with Crippen LogP contribution in [0.5, 0.6) is 5.75 Å². The number of carbonyl (C=O) groups is 2. The lowest BCUT2D eigenvalue weighted by atomic mass is 10.1. The Morgan fingerprint density at radius 1 is 1.32 bits per heavy atom. The average molecular weight is 414 g/mol. The van der Waals surface area contributed by atoms with Crippen LogP contribution in [0, 0.1) is 5.92 Å². The molecule has 0 saturated carbocycles. The summed E-state index contributed by atoms with van der Waals surface area (Å²) in [6.07, 6.45) is 2.20. The van der Waals surface area contributed by atoms with Crippen molar-refractivity contribution in [3.05, 3.63) is 42.5 Å². The summed E-state index contributed by atoms with van der Waals surface area (Å²) in [5, 5.41) is 3.40. The second kappa shape index (κ2) is 7.81. The molecule has 6 nitrogen and oxygen atoms in total. The van der Waals surface area contributed by atoms with Crippen molar-refractivity contribution in [1.82, 2.24) is 4.98 Å². The Kier molecular flexibility index (Phi) is 5.23. The fourth-order valence-electron chi connectivity index (χ4n) is 3.20. The third-order valence-electron chi connectivity index (χ3n) is 4.69. The summed E-state index contributed by atoms with van der Waals surface area (Å²) in [5.74, 6) is 0.140. The monoisotopic (exact) mass is 413 g/mol. The van der Waals surface area contributed by atoms with E-state index >= 15 is 0 Å². The van der Waals surface area contributed by atoms with Gasteiger partial charge in [0, 0.05) is 23.5 Å². The summed E-state index contributed by atoms with van der Waals surface area (Å²) in [5.41, 5.74) is 1.64. The highest BCUT2D eigenvalue weighted by molar-refractivity contribution is 7.98. The normalized spacial score (nSPS) is 16.6. The first kappa shape index (κ1) is 18.8. The molecule has 2 aromatic carbocycles. The van der Waals surface area contributed by atoms with Crippen LogP contribution in [0.3, 0.4) is 0 Å². The van der Waals surface area contributed by atoms with Crippen LogP contribution in [0.25, 0.3) is 10.2 Å². The molecule has 1 fully saturated rings. The second-order valence-corrected chi connectivity index (χ2v) is 8.36. The number of hydrogen-bond donors (Lipinski definition) is 1. The number of hydrogen-bond acceptors (Lipinski definition) is 6. The van der Waals surface area contributed by atoms with Crippen molar-refractivity contribution in [3.8, 4) is 5.75 Å². The topological polar surface area (TPSA) is 71.5 Å². The number of amides is 2. The average Bonchev–Trinajstić information content (AvgIpc) is 3.30. The van der Waals surface area contributed by atoms with Gasteiger partial charge < -0.3 is 15.0 Å². The molecule has 8 heteroatoms. The zero-order chi connectivity index (χ0) is 19.7. The lowest BCUT2D eigenvalue weighted by Crippen LogP contribution is -2.28. The van der Waals surface area contributed by atoms with Crippen LogP contribution >= 0.6 is 23.1 Å². The number of carbonyl (C=O) groups excluding carboxylic acids is 2. The summed E-state index contributed by atoms with van der Waals surface area (Å²) < 4.78 is 6.16. The van der Waals surface area contributed by atoms with E-state index in [1.54, 1.807) is 23.8 Å². The third-order valence-corrected chi connectivity index (χ3v) is 6.35. The van der Waals surface area contributed by atoms with E-state index in [1.807, 2.05) is 48.7 Å². The van der Waals surface area contributed by atoms with Crippen LogP contribution in [0.4, 0.5) is 10.8 Å².